The zero-order valence-corrected chi connectivity index (χ0v) is 14.8. The normalized spacial score (nSPS) is 22.9. The van der Waals surface area contributed by atoms with Gasteiger partial charge in [-0.3, -0.25) is 4.79 Å². The van der Waals surface area contributed by atoms with Crippen LogP contribution >= 0.6 is 11.6 Å². The molecular weight excluding hydrogens is 362 g/mol. The molecule has 2 aliphatic rings. The number of piperazine rings is 1. The Morgan fingerprint density at radius 1 is 1.31 bits per heavy atom. The lowest BCUT2D eigenvalue weighted by atomic mass is 10.1. The van der Waals surface area contributed by atoms with Crippen LogP contribution in [-0.4, -0.2) is 46.0 Å². The molecule has 2 heterocycles. The maximum Gasteiger partial charge on any atom is 0.255 e. The van der Waals surface area contributed by atoms with Crippen LogP contribution in [0, 0.1) is 5.82 Å². The summed E-state index contributed by atoms with van der Waals surface area (Å²) in [4.78, 5) is 16.4. The number of aliphatic hydroxyl groups is 1. The minimum Gasteiger partial charge on any atom is -0.503 e. The van der Waals surface area contributed by atoms with Gasteiger partial charge in [0.2, 0.25) is 0 Å². The average molecular weight is 381 g/mol. The van der Waals surface area contributed by atoms with Gasteiger partial charge in [-0.2, -0.15) is 0 Å². The predicted octanol–water partition coefficient (Wildman–Crippen LogP) is 4.21. The highest BCUT2D eigenvalue weighted by atomic mass is 35.5. The van der Waals surface area contributed by atoms with E-state index in [1.165, 1.54) is 18.2 Å². The van der Waals surface area contributed by atoms with Crippen molar-refractivity contribution < 1.29 is 18.7 Å². The molecule has 0 saturated carbocycles. The van der Waals surface area contributed by atoms with Crippen molar-refractivity contribution >= 4 is 17.5 Å². The van der Waals surface area contributed by atoms with E-state index in [-0.39, 0.29) is 34.3 Å². The maximum absolute atomic E-state index is 13.4. The molecule has 4 nitrogen and oxygen atoms in total. The molecule has 2 saturated heterocycles. The van der Waals surface area contributed by atoms with E-state index in [1.54, 1.807) is 4.90 Å². The van der Waals surface area contributed by atoms with Gasteiger partial charge in [-0.15, -0.1) is 0 Å². The quantitative estimate of drug-likeness (QED) is 0.628. The second-order valence-electron chi connectivity index (χ2n) is 6.47. The van der Waals surface area contributed by atoms with Crippen molar-refractivity contribution in [1.29, 1.82) is 0 Å². The second kappa shape index (κ2) is 7.11. The molecule has 1 N–H and O–H groups in total. The zero-order valence-electron chi connectivity index (χ0n) is 14.1. The van der Waals surface area contributed by atoms with Crippen molar-refractivity contribution in [2.45, 2.75) is 24.9 Å². The number of carbonyl (C=O) groups is 1. The summed E-state index contributed by atoms with van der Waals surface area (Å²) in [6.07, 6.45) is 3.00. The first-order valence-corrected chi connectivity index (χ1v) is 8.64. The van der Waals surface area contributed by atoms with Gasteiger partial charge in [0.15, 0.2) is 11.6 Å². The summed E-state index contributed by atoms with van der Waals surface area (Å²) in [6.45, 7) is 7.58. The molecule has 0 spiro atoms. The van der Waals surface area contributed by atoms with E-state index in [0.29, 0.717) is 13.1 Å². The first kappa shape index (κ1) is 18.5. The third-order valence-corrected chi connectivity index (χ3v) is 5.21. The molecule has 1 aromatic rings. The van der Waals surface area contributed by atoms with Crippen molar-refractivity contribution in [3.63, 3.8) is 0 Å². The smallest absolute Gasteiger partial charge is 0.255 e. The van der Waals surface area contributed by atoms with Gasteiger partial charge in [0.1, 0.15) is 5.82 Å². The Kier molecular flexibility index (Phi) is 5.05. The molecule has 0 aromatic heterocycles. The van der Waals surface area contributed by atoms with Gasteiger partial charge in [0.25, 0.3) is 5.91 Å². The number of benzene rings is 1. The Morgan fingerprint density at radius 3 is 2.42 bits per heavy atom. The van der Waals surface area contributed by atoms with Gasteiger partial charge in [0, 0.05) is 25.2 Å². The Hall–Kier alpha value is -2.34. The number of aliphatic hydroxyl groups excluding tert-OH is 1. The molecule has 1 amide bonds. The molecule has 1 aromatic carbocycles. The Labute approximate surface area is 155 Å². The fourth-order valence-corrected chi connectivity index (χ4v) is 4.01. The highest BCUT2D eigenvalue weighted by Crippen LogP contribution is 2.36. The molecule has 2 fully saturated rings. The lowest BCUT2D eigenvalue weighted by molar-refractivity contribution is 0.0539. The lowest BCUT2D eigenvalue weighted by Crippen LogP contribution is -2.54. The molecule has 7 heteroatoms. The van der Waals surface area contributed by atoms with Crippen LogP contribution in [0.15, 0.2) is 54.7 Å². The van der Waals surface area contributed by atoms with Crippen LogP contribution < -0.4 is 0 Å². The molecular formula is C19H19ClF2N2O2. The van der Waals surface area contributed by atoms with Gasteiger partial charge in [-0.25, -0.2) is 8.78 Å². The predicted molar refractivity (Wildman–Crippen MR) is 96.1 cm³/mol. The van der Waals surface area contributed by atoms with Gasteiger partial charge in [0.05, 0.1) is 16.3 Å². The average Bonchev–Trinajstić information content (AvgIpc) is 2.84. The fourth-order valence-electron chi connectivity index (χ4n) is 3.76. The van der Waals surface area contributed by atoms with Gasteiger partial charge >= 0.3 is 0 Å². The molecule has 2 unspecified atom stereocenters. The number of halogens is 3. The van der Waals surface area contributed by atoms with Gasteiger partial charge in [-0.1, -0.05) is 24.8 Å². The SMILES string of the molecule is C=C/C(=C(/O)C(=C)F)N1C2CCC1CN(C(=O)c1ccc(F)cc1Cl)C2. The number of hydrogen-bond acceptors (Lipinski definition) is 3. The standard InChI is InChI=1S/C19H19ClF2N2O2/c1-3-17(18(25)11(2)21)24-13-5-6-14(24)10-23(9-13)19(26)15-7-4-12(22)8-16(15)20/h3-4,7-8,13-14,25H,1-2,5-6,9-10H2/b18-17-. The zero-order chi connectivity index (χ0) is 19.0. The van der Waals surface area contributed by atoms with Gasteiger partial charge < -0.3 is 14.9 Å². The topological polar surface area (TPSA) is 43.8 Å². The first-order chi connectivity index (χ1) is 12.3. The minimum absolute atomic E-state index is 0.0721. The number of hydrogen-bond donors (Lipinski definition) is 1. The number of rotatable bonds is 4. The maximum atomic E-state index is 13.4. The molecule has 26 heavy (non-hydrogen) atoms. The van der Waals surface area contributed by atoms with E-state index in [1.807, 2.05) is 4.90 Å². The van der Waals surface area contributed by atoms with Crippen LogP contribution in [0.2, 0.25) is 5.02 Å². The van der Waals surface area contributed by atoms with E-state index in [9.17, 15) is 18.7 Å². The molecule has 2 atom stereocenters. The molecule has 2 bridgehead atoms. The monoisotopic (exact) mass is 380 g/mol. The summed E-state index contributed by atoms with van der Waals surface area (Å²) < 4.78 is 26.6. The lowest BCUT2D eigenvalue weighted by Gasteiger charge is -2.43. The Bertz CT molecular complexity index is 795. The van der Waals surface area contributed by atoms with Crippen LogP contribution in [0.4, 0.5) is 8.78 Å². The molecule has 0 aliphatic carbocycles. The number of fused-ring (bicyclic) bond motifs is 2. The molecule has 0 radical (unpaired) electrons. The van der Waals surface area contributed by atoms with E-state index in [2.05, 4.69) is 13.2 Å². The van der Waals surface area contributed by atoms with Gasteiger partial charge in [-0.05, 0) is 37.1 Å². The van der Waals surface area contributed by atoms with Crippen LogP contribution in [0.1, 0.15) is 23.2 Å². The summed E-state index contributed by atoms with van der Waals surface area (Å²) >= 11 is 6.01. The highest BCUT2D eigenvalue weighted by molar-refractivity contribution is 6.33. The summed E-state index contributed by atoms with van der Waals surface area (Å²) in [5.41, 5.74) is 0.539. The molecule has 138 valence electrons. The van der Waals surface area contributed by atoms with Crippen molar-refractivity contribution in [1.82, 2.24) is 9.80 Å². The van der Waals surface area contributed by atoms with E-state index >= 15 is 0 Å². The third-order valence-electron chi connectivity index (χ3n) is 4.90. The second-order valence-corrected chi connectivity index (χ2v) is 6.88. The van der Waals surface area contributed by atoms with Crippen LogP contribution in [0.25, 0.3) is 0 Å². The van der Waals surface area contributed by atoms with Crippen LogP contribution in [-0.2, 0) is 0 Å². The van der Waals surface area contributed by atoms with Crippen LogP contribution in [0.3, 0.4) is 0 Å². The molecule has 3 rings (SSSR count). The number of amides is 1. The van der Waals surface area contributed by atoms with Crippen molar-refractivity contribution in [3.8, 4) is 0 Å². The largest absolute Gasteiger partial charge is 0.503 e. The van der Waals surface area contributed by atoms with E-state index < -0.39 is 17.4 Å². The van der Waals surface area contributed by atoms with E-state index in [4.69, 9.17) is 11.6 Å². The van der Waals surface area contributed by atoms with Crippen molar-refractivity contribution in [3.05, 3.63) is 71.1 Å². The Morgan fingerprint density at radius 2 is 1.92 bits per heavy atom. The van der Waals surface area contributed by atoms with E-state index in [0.717, 1.165) is 18.9 Å². The summed E-state index contributed by atoms with van der Waals surface area (Å²) in [7, 11) is 0. The number of carbonyl (C=O) groups excluding carboxylic acids is 1. The van der Waals surface area contributed by atoms with Crippen LogP contribution in [0.5, 0.6) is 0 Å². The number of allylic oxidation sites excluding steroid dienone is 2. The summed E-state index contributed by atoms with van der Waals surface area (Å²) in [6, 6.07) is 3.54. The Balaban J connectivity index is 1.84. The van der Waals surface area contributed by atoms with Crippen molar-refractivity contribution in [2.75, 3.05) is 13.1 Å². The summed E-state index contributed by atoms with van der Waals surface area (Å²) in [5.74, 6) is -2.22. The van der Waals surface area contributed by atoms with Crippen molar-refractivity contribution in [2.24, 2.45) is 0 Å². The first-order valence-electron chi connectivity index (χ1n) is 8.26. The third kappa shape index (κ3) is 3.21. The summed E-state index contributed by atoms with van der Waals surface area (Å²) in [5, 5.41) is 10.0. The fraction of sp³-hybridized carbons (Fsp3) is 0.316. The minimum atomic E-state index is -0.920. The number of nitrogens with zero attached hydrogens (tertiary/aromatic N) is 2. The molecule has 2 aliphatic heterocycles. The number of likely N-dealkylation sites (tertiary alicyclic amines) is 1. The highest BCUT2D eigenvalue weighted by Gasteiger charge is 2.43.